The van der Waals surface area contributed by atoms with Crippen LogP contribution in [0.3, 0.4) is 0 Å². The quantitative estimate of drug-likeness (QED) is 0.178. The summed E-state index contributed by atoms with van der Waals surface area (Å²) in [6.07, 6.45) is 2.67. The van der Waals surface area contributed by atoms with Gasteiger partial charge in [-0.1, -0.05) is 6.58 Å². The summed E-state index contributed by atoms with van der Waals surface area (Å²) in [5, 5.41) is 10.6. The van der Waals surface area contributed by atoms with Crippen molar-refractivity contribution >= 4 is 39.2 Å². The van der Waals surface area contributed by atoms with Gasteiger partial charge in [-0.15, -0.1) is 0 Å². The van der Waals surface area contributed by atoms with E-state index in [0.29, 0.717) is 5.56 Å². The van der Waals surface area contributed by atoms with Gasteiger partial charge in [-0.05, 0) is 36.4 Å². The maximum atomic E-state index is 15.1. The fraction of sp³-hybridized carbons (Fsp3) is 0.0400. The minimum Gasteiger partial charge on any atom is -0.477 e. The Kier molecular flexibility index (Phi) is 5.33. The predicted octanol–water partition coefficient (Wildman–Crippen LogP) is 3.98. The Morgan fingerprint density at radius 1 is 1.22 bits per heavy atom. The first-order valence-corrected chi connectivity index (χ1v) is 10.6. The van der Waals surface area contributed by atoms with Crippen molar-refractivity contribution in [1.29, 1.82) is 0 Å². The number of nitrogen functional groups attached to an aromatic ring is 1. The molecule has 0 aliphatic rings. The summed E-state index contributed by atoms with van der Waals surface area (Å²) in [5.41, 5.74) is 8.08. The number of hydrogen-bond donors (Lipinski definition) is 5. The van der Waals surface area contributed by atoms with E-state index in [1.165, 1.54) is 41.3 Å². The first-order chi connectivity index (χ1) is 17.2. The molecule has 0 aliphatic carbocycles. The fourth-order valence-corrected chi connectivity index (χ4v) is 4.47. The average Bonchev–Trinajstić information content (AvgIpc) is 3.44. The summed E-state index contributed by atoms with van der Waals surface area (Å²) in [5.74, 6) is 2.66. The number of hydrazine groups is 1. The number of benzene rings is 2. The number of anilines is 1. The van der Waals surface area contributed by atoms with Gasteiger partial charge in [0.1, 0.15) is 22.9 Å². The summed E-state index contributed by atoms with van der Waals surface area (Å²) in [6, 6.07) is 7.99. The number of furan rings is 1. The summed E-state index contributed by atoms with van der Waals surface area (Å²) in [6.45, 7) is 3.32. The van der Waals surface area contributed by atoms with E-state index < -0.39 is 23.2 Å². The van der Waals surface area contributed by atoms with Crippen LogP contribution in [0.2, 0.25) is 0 Å². The van der Waals surface area contributed by atoms with Gasteiger partial charge >= 0.3 is 5.97 Å². The molecule has 5 aromatic rings. The van der Waals surface area contributed by atoms with Crippen molar-refractivity contribution in [2.24, 2.45) is 11.6 Å². The number of rotatable bonds is 6. The van der Waals surface area contributed by atoms with Gasteiger partial charge in [-0.25, -0.2) is 13.6 Å². The molecule has 5 rings (SSSR count). The number of H-pyrrole nitrogens is 1. The number of halogens is 2. The zero-order chi connectivity index (χ0) is 25.7. The molecule has 0 unspecified atom stereocenters. The van der Waals surface area contributed by atoms with E-state index in [1.54, 1.807) is 0 Å². The zero-order valence-corrected chi connectivity index (χ0v) is 18.6. The van der Waals surface area contributed by atoms with Crippen molar-refractivity contribution in [1.82, 2.24) is 9.55 Å². The highest BCUT2D eigenvalue weighted by Gasteiger charge is 2.29. The van der Waals surface area contributed by atoms with Crippen molar-refractivity contribution in [2.45, 2.75) is 6.54 Å². The summed E-state index contributed by atoms with van der Waals surface area (Å²) >= 11 is 0. The highest BCUT2D eigenvalue weighted by Crippen LogP contribution is 2.40. The summed E-state index contributed by atoms with van der Waals surface area (Å²) < 4.78 is 36.9. The topological polar surface area (TPSA) is 152 Å². The van der Waals surface area contributed by atoms with Crippen molar-refractivity contribution in [2.75, 3.05) is 5.43 Å². The third-order valence-corrected chi connectivity index (χ3v) is 6.02. The van der Waals surface area contributed by atoms with Crippen molar-refractivity contribution < 1.29 is 23.1 Å². The molecule has 11 heteroatoms. The number of hydrogen-bond acceptors (Lipinski definition) is 6. The van der Waals surface area contributed by atoms with E-state index in [0.717, 1.165) is 12.1 Å². The first-order valence-electron chi connectivity index (χ1n) is 10.6. The maximum absolute atomic E-state index is 15.1. The van der Waals surface area contributed by atoms with Gasteiger partial charge < -0.3 is 30.2 Å². The average molecular weight is 491 g/mol. The molecule has 0 saturated heterocycles. The Balaban J connectivity index is 1.90. The van der Waals surface area contributed by atoms with Crippen molar-refractivity contribution in [3.05, 3.63) is 94.2 Å². The van der Waals surface area contributed by atoms with Gasteiger partial charge in [0.2, 0.25) is 0 Å². The smallest absolute Gasteiger partial charge is 0.353 e. The molecule has 3 heterocycles. The number of fused-ring (bicyclic) bond motifs is 3. The molecule has 0 saturated carbocycles. The molecule has 182 valence electrons. The SMILES string of the molecule is C=C(N)c1cc(Cn2c(C(=O)O)c(-c3ccc[nH]c3=O)c3c4occc4c(F)cc32)c(F)cc1NN. The van der Waals surface area contributed by atoms with Crippen LogP contribution in [0.1, 0.15) is 21.6 Å². The molecule has 0 bridgehead atoms. The summed E-state index contributed by atoms with van der Waals surface area (Å²) in [7, 11) is 0. The van der Waals surface area contributed by atoms with Gasteiger partial charge in [-0.2, -0.15) is 0 Å². The van der Waals surface area contributed by atoms with Gasteiger partial charge in [0, 0.05) is 28.6 Å². The number of nitrogens with two attached hydrogens (primary N) is 2. The molecule has 0 radical (unpaired) electrons. The first kappa shape index (κ1) is 22.9. The Labute approximate surface area is 201 Å². The molecule has 9 nitrogen and oxygen atoms in total. The predicted molar refractivity (Wildman–Crippen MR) is 131 cm³/mol. The Morgan fingerprint density at radius 2 is 2.00 bits per heavy atom. The largest absolute Gasteiger partial charge is 0.477 e. The molecule has 0 aliphatic heterocycles. The third-order valence-electron chi connectivity index (χ3n) is 6.02. The second-order valence-electron chi connectivity index (χ2n) is 8.10. The lowest BCUT2D eigenvalue weighted by Crippen LogP contribution is -2.15. The lowest BCUT2D eigenvalue weighted by Gasteiger charge is -2.15. The van der Waals surface area contributed by atoms with E-state index in [1.807, 2.05) is 0 Å². The number of aromatic amines is 1. The Bertz CT molecular complexity index is 1770. The minimum absolute atomic E-state index is 0.0170. The highest BCUT2D eigenvalue weighted by molar-refractivity contribution is 6.17. The number of nitrogens with one attached hydrogen (secondary N) is 2. The van der Waals surface area contributed by atoms with Crippen LogP contribution < -0.4 is 22.6 Å². The number of aromatic carboxylic acids is 1. The second-order valence-corrected chi connectivity index (χ2v) is 8.10. The molecular formula is C25H19F2N5O4. The van der Waals surface area contributed by atoms with Crippen LogP contribution >= 0.6 is 0 Å². The number of carbonyl (C=O) groups is 1. The van der Waals surface area contributed by atoms with Crippen molar-refractivity contribution in [3.63, 3.8) is 0 Å². The van der Waals surface area contributed by atoms with Crippen LogP contribution in [0.15, 0.2) is 64.6 Å². The van der Waals surface area contributed by atoms with Gasteiger partial charge in [0.05, 0.1) is 40.3 Å². The molecule has 36 heavy (non-hydrogen) atoms. The maximum Gasteiger partial charge on any atom is 0.353 e. The number of aromatic nitrogens is 2. The van der Waals surface area contributed by atoms with E-state index in [-0.39, 0.29) is 62.2 Å². The number of nitrogens with zero attached hydrogens (tertiary/aromatic N) is 1. The van der Waals surface area contributed by atoms with Gasteiger partial charge in [0.25, 0.3) is 5.56 Å². The van der Waals surface area contributed by atoms with E-state index in [9.17, 15) is 14.7 Å². The number of carboxylic acids is 1. The Hall–Kier alpha value is -4.90. The van der Waals surface area contributed by atoms with E-state index >= 15 is 8.78 Å². The van der Waals surface area contributed by atoms with Crippen LogP contribution in [0.5, 0.6) is 0 Å². The minimum atomic E-state index is -1.41. The lowest BCUT2D eigenvalue weighted by atomic mass is 10.0. The van der Waals surface area contributed by atoms with E-state index in [4.69, 9.17) is 16.0 Å². The van der Waals surface area contributed by atoms with Crippen LogP contribution in [0, 0.1) is 11.6 Å². The third kappa shape index (κ3) is 3.41. The van der Waals surface area contributed by atoms with Crippen LogP contribution in [-0.2, 0) is 6.54 Å². The zero-order valence-electron chi connectivity index (χ0n) is 18.6. The number of carboxylic acid groups (broad SMARTS) is 1. The molecule has 0 atom stereocenters. The lowest BCUT2D eigenvalue weighted by molar-refractivity contribution is 0.0687. The normalized spacial score (nSPS) is 11.3. The Morgan fingerprint density at radius 3 is 2.67 bits per heavy atom. The molecule has 7 N–H and O–H groups in total. The van der Waals surface area contributed by atoms with Gasteiger partial charge in [0.15, 0.2) is 0 Å². The van der Waals surface area contributed by atoms with Crippen LogP contribution in [-0.4, -0.2) is 20.6 Å². The summed E-state index contributed by atoms with van der Waals surface area (Å²) in [4.78, 5) is 27.8. The molecule has 0 fully saturated rings. The van der Waals surface area contributed by atoms with E-state index in [2.05, 4.69) is 17.0 Å². The second kappa shape index (κ2) is 8.40. The molecule has 2 aromatic carbocycles. The van der Waals surface area contributed by atoms with Crippen LogP contribution in [0.25, 0.3) is 38.7 Å². The van der Waals surface area contributed by atoms with Gasteiger partial charge in [-0.3, -0.25) is 10.6 Å². The molecule has 0 amide bonds. The monoisotopic (exact) mass is 491 g/mol. The highest BCUT2D eigenvalue weighted by atomic mass is 19.1. The molecule has 0 spiro atoms. The fourth-order valence-electron chi connectivity index (χ4n) is 4.47. The molecular weight excluding hydrogens is 472 g/mol. The number of pyridine rings is 1. The molecule has 3 aromatic heterocycles. The standard InChI is InChI=1S/C25H19F2N5O4/c1-11(28)15-7-12(16(26)8-18(15)31-29)10-32-19-9-17(27)13-4-6-36-23(13)21(19)20(22(32)25(34)35)14-3-2-5-30-24(14)33/h2-9,31H,1,10,28-29H2,(H,30,33)(H,34,35). The van der Waals surface area contributed by atoms with Crippen molar-refractivity contribution in [3.8, 4) is 11.1 Å². The van der Waals surface area contributed by atoms with Crippen LogP contribution in [0.4, 0.5) is 14.5 Å².